The number of rotatable bonds is 5. The van der Waals surface area contributed by atoms with Crippen molar-refractivity contribution in [3.8, 4) is 0 Å². The van der Waals surface area contributed by atoms with Gasteiger partial charge in [0.05, 0.1) is 11.9 Å². The molecule has 3 unspecified atom stereocenters. The highest BCUT2D eigenvalue weighted by Gasteiger charge is 2.40. The number of halogens is 1. The first kappa shape index (κ1) is 18.2. The molecule has 0 bridgehead atoms. The lowest BCUT2D eigenvalue weighted by atomic mass is 9.74. The molecular weight excluding hydrogens is 300 g/mol. The minimum absolute atomic E-state index is 0. The Balaban J connectivity index is 0.00000200. The molecule has 1 aliphatic carbocycles. The molecule has 1 saturated heterocycles. The van der Waals surface area contributed by atoms with Crippen molar-refractivity contribution in [1.29, 1.82) is 0 Å². The molecule has 2 rings (SSSR count). The molecule has 3 N–H and O–H groups in total. The van der Waals surface area contributed by atoms with Gasteiger partial charge in [0.2, 0.25) is 10.0 Å². The lowest BCUT2D eigenvalue weighted by Gasteiger charge is -2.42. The zero-order valence-corrected chi connectivity index (χ0v) is 13.8. The summed E-state index contributed by atoms with van der Waals surface area (Å²) in [5, 5.41) is 0. The maximum absolute atomic E-state index is 12.3. The normalized spacial score (nSPS) is 34.7. The van der Waals surface area contributed by atoms with Crippen molar-refractivity contribution >= 4 is 22.4 Å². The lowest BCUT2D eigenvalue weighted by molar-refractivity contribution is 0.126. The zero-order chi connectivity index (χ0) is 13.9. The van der Waals surface area contributed by atoms with Gasteiger partial charge in [0.1, 0.15) is 0 Å². The van der Waals surface area contributed by atoms with Crippen molar-refractivity contribution in [3.63, 3.8) is 0 Å². The first-order valence-electron chi connectivity index (χ1n) is 7.31. The van der Waals surface area contributed by atoms with E-state index in [-0.39, 0.29) is 24.3 Å². The first-order chi connectivity index (χ1) is 8.97. The van der Waals surface area contributed by atoms with Crippen LogP contribution in [0, 0.1) is 5.92 Å². The van der Waals surface area contributed by atoms with Crippen LogP contribution in [0.1, 0.15) is 45.4 Å². The topological polar surface area (TPSA) is 81.4 Å². The van der Waals surface area contributed by atoms with Crippen molar-refractivity contribution < 1.29 is 13.2 Å². The maximum atomic E-state index is 12.3. The number of hydrogen-bond acceptors (Lipinski definition) is 4. The van der Waals surface area contributed by atoms with E-state index >= 15 is 0 Å². The van der Waals surface area contributed by atoms with Crippen molar-refractivity contribution in [2.24, 2.45) is 11.7 Å². The van der Waals surface area contributed by atoms with Crippen LogP contribution in [0.5, 0.6) is 0 Å². The van der Waals surface area contributed by atoms with Gasteiger partial charge in [-0.2, -0.15) is 0 Å². The summed E-state index contributed by atoms with van der Waals surface area (Å²) in [5.74, 6) is 0.368. The van der Waals surface area contributed by atoms with Gasteiger partial charge in [0, 0.05) is 18.7 Å². The monoisotopic (exact) mass is 326 g/mol. The van der Waals surface area contributed by atoms with E-state index in [9.17, 15) is 8.42 Å². The second-order valence-corrected chi connectivity index (χ2v) is 7.79. The summed E-state index contributed by atoms with van der Waals surface area (Å²) in [4.78, 5) is 0. The van der Waals surface area contributed by atoms with Gasteiger partial charge in [0.25, 0.3) is 0 Å². The van der Waals surface area contributed by atoms with Crippen molar-refractivity contribution in [1.82, 2.24) is 4.72 Å². The van der Waals surface area contributed by atoms with E-state index < -0.39 is 15.6 Å². The Hall–Kier alpha value is 0.120. The molecule has 7 heteroatoms. The Bertz CT molecular complexity index is 398. The van der Waals surface area contributed by atoms with Gasteiger partial charge >= 0.3 is 0 Å². The molecule has 0 aromatic rings. The van der Waals surface area contributed by atoms with Crippen molar-refractivity contribution in [3.05, 3.63) is 0 Å². The standard InChI is InChI=1S/C13H26N2O3S.ClH/c1-11-5-2-3-7-13(11,10-14)15-19(16,17)9-12-6-4-8-18-12;/h11-12,15H,2-10,14H2,1H3;1H. The van der Waals surface area contributed by atoms with Gasteiger partial charge < -0.3 is 10.5 Å². The first-order valence-corrected chi connectivity index (χ1v) is 8.96. The Morgan fingerprint density at radius 3 is 2.60 bits per heavy atom. The number of nitrogens with two attached hydrogens (primary N) is 1. The maximum Gasteiger partial charge on any atom is 0.214 e. The van der Waals surface area contributed by atoms with E-state index in [0.717, 1.165) is 38.5 Å². The third kappa shape index (κ3) is 4.31. The predicted octanol–water partition coefficient (Wildman–Crippen LogP) is 1.41. The fraction of sp³-hybridized carbons (Fsp3) is 1.00. The van der Waals surface area contributed by atoms with E-state index in [0.29, 0.717) is 19.1 Å². The second kappa shape index (κ2) is 7.40. The van der Waals surface area contributed by atoms with E-state index in [1.165, 1.54) is 0 Å². The highest BCUT2D eigenvalue weighted by molar-refractivity contribution is 7.89. The van der Waals surface area contributed by atoms with Crippen LogP contribution in [0.15, 0.2) is 0 Å². The number of ether oxygens (including phenoxy) is 1. The molecule has 1 heterocycles. The largest absolute Gasteiger partial charge is 0.377 e. The second-order valence-electron chi connectivity index (χ2n) is 6.03. The molecule has 20 heavy (non-hydrogen) atoms. The molecule has 2 aliphatic rings. The summed E-state index contributed by atoms with van der Waals surface area (Å²) in [6.07, 6.45) is 5.74. The van der Waals surface area contributed by atoms with Crippen LogP contribution in [0.2, 0.25) is 0 Å². The van der Waals surface area contributed by atoms with Crippen LogP contribution in [-0.4, -0.2) is 39.0 Å². The van der Waals surface area contributed by atoms with Crippen LogP contribution in [-0.2, 0) is 14.8 Å². The molecule has 120 valence electrons. The molecule has 0 aromatic carbocycles. The zero-order valence-electron chi connectivity index (χ0n) is 12.1. The fourth-order valence-corrected chi connectivity index (χ4v) is 5.12. The summed E-state index contributed by atoms with van der Waals surface area (Å²) in [6, 6.07) is 0. The van der Waals surface area contributed by atoms with Gasteiger partial charge in [-0.1, -0.05) is 19.8 Å². The fourth-order valence-electron chi connectivity index (χ4n) is 3.28. The highest BCUT2D eigenvalue weighted by Crippen LogP contribution is 2.33. The molecule has 1 aliphatic heterocycles. The molecule has 0 spiro atoms. The SMILES string of the molecule is CC1CCCCC1(CN)NS(=O)(=O)CC1CCCO1.Cl. The summed E-state index contributed by atoms with van der Waals surface area (Å²) < 4.78 is 33.0. The van der Waals surface area contributed by atoms with Crippen molar-refractivity contribution in [2.45, 2.75) is 57.1 Å². The Labute approximate surface area is 128 Å². The number of sulfonamides is 1. The van der Waals surface area contributed by atoms with E-state index in [1.54, 1.807) is 0 Å². The lowest BCUT2D eigenvalue weighted by Crippen LogP contribution is -2.59. The van der Waals surface area contributed by atoms with Gasteiger partial charge in [-0.05, 0) is 31.6 Å². The molecule has 2 fully saturated rings. The average Bonchev–Trinajstić information content (AvgIpc) is 2.84. The molecule has 0 radical (unpaired) electrons. The van der Waals surface area contributed by atoms with E-state index in [4.69, 9.17) is 10.5 Å². The molecule has 0 aromatic heterocycles. The average molecular weight is 327 g/mol. The quantitative estimate of drug-likeness (QED) is 0.800. The Morgan fingerprint density at radius 1 is 1.30 bits per heavy atom. The van der Waals surface area contributed by atoms with Crippen LogP contribution >= 0.6 is 12.4 Å². The Kier molecular flexibility index (Phi) is 6.73. The van der Waals surface area contributed by atoms with E-state index in [2.05, 4.69) is 11.6 Å². The molecule has 3 atom stereocenters. The summed E-state index contributed by atoms with van der Waals surface area (Å²) >= 11 is 0. The molecular formula is C13H27ClN2O3S. The molecule has 1 saturated carbocycles. The molecule has 5 nitrogen and oxygen atoms in total. The van der Waals surface area contributed by atoms with Gasteiger partial charge in [-0.3, -0.25) is 0 Å². The van der Waals surface area contributed by atoms with Gasteiger partial charge in [0.15, 0.2) is 0 Å². The van der Waals surface area contributed by atoms with Crippen LogP contribution in [0.3, 0.4) is 0 Å². The number of hydrogen-bond donors (Lipinski definition) is 2. The predicted molar refractivity (Wildman–Crippen MR) is 82.6 cm³/mol. The van der Waals surface area contributed by atoms with Gasteiger partial charge in [-0.15, -0.1) is 12.4 Å². The smallest absolute Gasteiger partial charge is 0.214 e. The van der Waals surface area contributed by atoms with Crippen molar-refractivity contribution in [2.75, 3.05) is 18.9 Å². The summed E-state index contributed by atoms with van der Waals surface area (Å²) in [7, 11) is -3.32. The number of nitrogens with one attached hydrogen (secondary N) is 1. The third-order valence-electron chi connectivity index (χ3n) is 4.61. The summed E-state index contributed by atoms with van der Waals surface area (Å²) in [5.41, 5.74) is 5.44. The highest BCUT2D eigenvalue weighted by atomic mass is 35.5. The van der Waals surface area contributed by atoms with Crippen LogP contribution < -0.4 is 10.5 Å². The van der Waals surface area contributed by atoms with E-state index in [1.807, 2.05) is 0 Å². The summed E-state index contributed by atoms with van der Waals surface area (Å²) in [6.45, 7) is 3.15. The minimum Gasteiger partial charge on any atom is -0.377 e. The van der Waals surface area contributed by atoms with Crippen LogP contribution in [0.4, 0.5) is 0 Å². The van der Waals surface area contributed by atoms with Crippen LogP contribution in [0.25, 0.3) is 0 Å². The third-order valence-corrected chi connectivity index (χ3v) is 6.13. The minimum atomic E-state index is -3.32. The molecule has 0 amide bonds. The van der Waals surface area contributed by atoms with Gasteiger partial charge in [-0.25, -0.2) is 13.1 Å². The Morgan fingerprint density at radius 2 is 2.05 bits per heavy atom.